The van der Waals surface area contributed by atoms with Crippen molar-refractivity contribution in [2.75, 3.05) is 26.7 Å². The molecule has 1 aromatic carbocycles. The van der Waals surface area contributed by atoms with Gasteiger partial charge < -0.3 is 21.1 Å². The molecule has 1 atom stereocenters. The van der Waals surface area contributed by atoms with E-state index in [9.17, 15) is 9.59 Å². The lowest BCUT2D eigenvalue weighted by Crippen LogP contribution is -2.34. The molecular formula is C15H22BrN3O3. The van der Waals surface area contributed by atoms with Crippen LogP contribution in [0.3, 0.4) is 0 Å². The number of methoxy groups -OCH3 is 1. The third-order valence-electron chi connectivity index (χ3n) is 3.06. The molecule has 0 aliphatic rings. The highest BCUT2D eigenvalue weighted by Gasteiger charge is 2.10. The predicted octanol–water partition coefficient (Wildman–Crippen LogP) is 1.05. The summed E-state index contributed by atoms with van der Waals surface area (Å²) in [5, 5.41) is 5.58. The molecule has 6 nitrogen and oxygen atoms in total. The van der Waals surface area contributed by atoms with Gasteiger partial charge >= 0.3 is 0 Å². The fourth-order valence-electron chi connectivity index (χ4n) is 1.79. The van der Waals surface area contributed by atoms with Crippen LogP contribution in [0.1, 0.15) is 23.2 Å². The third-order valence-corrected chi connectivity index (χ3v) is 3.55. The molecule has 0 spiro atoms. The average molecular weight is 372 g/mol. The summed E-state index contributed by atoms with van der Waals surface area (Å²) in [6, 6.07) is 7.18. The van der Waals surface area contributed by atoms with E-state index in [1.54, 1.807) is 12.1 Å². The van der Waals surface area contributed by atoms with Crippen molar-refractivity contribution in [2.45, 2.75) is 18.9 Å². The Morgan fingerprint density at radius 3 is 2.68 bits per heavy atom. The van der Waals surface area contributed by atoms with Crippen LogP contribution in [0.15, 0.2) is 28.7 Å². The Kier molecular flexibility index (Phi) is 8.72. The Labute approximate surface area is 138 Å². The molecule has 4 N–H and O–H groups in total. The molecule has 0 fully saturated rings. The van der Waals surface area contributed by atoms with Crippen LogP contribution in [-0.2, 0) is 9.53 Å². The van der Waals surface area contributed by atoms with Gasteiger partial charge in [-0.05, 0) is 24.6 Å². The molecule has 0 aliphatic heterocycles. The van der Waals surface area contributed by atoms with Gasteiger partial charge in [0, 0.05) is 36.8 Å². The standard InChI is InChI=1S/C15H22BrN3O3/c1-22-13(10-17)9-14(20)18-6-3-7-19-15(21)11-4-2-5-12(16)8-11/h2,4-5,8,13H,3,6-7,9-10,17H2,1H3,(H,18,20)(H,19,21). The first-order valence-electron chi connectivity index (χ1n) is 7.10. The van der Waals surface area contributed by atoms with Crippen molar-refractivity contribution in [3.05, 3.63) is 34.3 Å². The highest BCUT2D eigenvalue weighted by molar-refractivity contribution is 9.10. The van der Waals surface area contributed by atoms with E-state index in [4.69, 9.17) is 10.5 Å². The van der Waals surface area contributed by atoms with Crippen molar-refractivity contribution < 1.29 is 14.3 Å². The minimum Gasteiger partial charge on any atom is -0.380 e. The van der Waals surface area contributed by atoms with Gasteiger partial charge in [0.25, 0.3) is 5.91 Å². The molecule has 22 heavy (non-hydrogen) atoms. The molecule has 0 heterocycles. The topological polar surface area (TPSA) is 93.4 Å². The lowest BCUT2D eigenvalue weighted by Gasteiger charge is -2.12. The summed E-state index contributed by atoms with van der Waals surface area (Å²) in [7, 11) is 1.53. The molecule has 122 valence electrons. The molecule has 1 unspecified atom stereocenters. The summed E-state index contributed by atoms with van der Waals surface area (Å²) in [4.78, 5) is 23.5. The largest absolute Gasteiger partial charge is 0.380 e. The number of rotatable bonds is 9. The monoisotopic (exact) mass is 371 g/mol. The van der Waals surface area contributed by atoms with Crippen LogP contribution in [0.25, 0.3) is 0 Å². The van der Waals surface area contributed by atoms with Crippen LogP contribution >= 0.6 is 15.9 Å². The zero-order valence-electron chi connectivity index (χ0n) is 12.6. The van der Waals surface area contributed by atoms with E-state index < -0.39 is 0 Å². The SMILES string of the molecule is COC(CN)CC(=O)NCCCNC(=O)c1cccc(Br)c1. The zero-order chi connectivity index (χ0) is 16.4. The maximum atomic E-state index is 11.9. The Morgan fingerprint density at radius 1 is 1.32 bits per heavy atom. The zero-order valence-corrected chi connectivity index (χ0v) is 14.2. The average Bonchev–Trinajstić information content (AvgIpc) is 2.52. The van der Waals surface area contributed by atoms with Gasteiger partial charge in [0.1, 0.15) is 0 Å². The Bertz CT molecular complexity index is 493. The fraction of sp³-hybridized carbons (Fsp3) is 0.467. The van der Waals surface area contributed by atoms with Crippen LogP contribution in [0.4, 0.5) is 0 Å². The molecular weight excluding hydrogens is 350 g/mol. The molecule has 2 amide bonds. The number of hydrogen-bond donors (Lipinski definition) is 3. The van der Waals surface area contributed by atoms with Crippen LogP contribution < -0.4 is 16.4 Å². The number of carbonyl (C=O) groups excluding carboxylic acids is 2. The van der Waals surface area contributed by atoms with Crippen molar-refractivity contribution in [3.8, 4) is 0 Å². The fourth-order valence-corrected chi connectivity index (χ4v) is 2.19. The van der Waals surface area contributed by atoms with Crippen molar-refractivity contribution in [1.82, 2.24) is 10.6 Å². The molecule has 7 heteroatoms. The van der Waals surface area contributed by atoms with E-state index in [0.29, 0.717) is 31.6 Å². The number of ether oxygens (including phenoxy) is 1. The summed E-state index contributed by atoms with van der Waals surface area (Å²) in [6.45, 7) is 1.31. The quantitative estimate of drug-likeness (QED) is 0.565. The Balaban J connectivity index is 2.17. The van der Waals surface area contributed by atoms with Gasteiger partial charge in [0.05, 0.1) is 12.5 Å². The predicted molar refractivity (Wildman–Crippen MR) is 88.6 cm³/mol. The van der Waals surface area contributed by atoms with Gasteiger partial charge in [-0.1, -0.05) is 22.0 Å². The minimum absolute atomic E-state index is 0.101. The second-order valence-electron chi connectivity index (χ2n) is 4.77. The number of carbonyl (C=O) groups is 2. The number of benzene rings is 1. The summed E-state index contributed by atoms with van der Waals surface area (Å²) in [5.41, 5.74) is 6.05. The van der Waals surface area contributed by atoms with Crippen molar-refractivity contribution in [1.29, 1.82) is 0 Å². The van der Waals surface area contributed by atoms with Crippen LogP contribution in [0.5, 0.6) is 0 Å². The van der Waals surface area contributed by atoms with Gasteiger partial charge in [-0.3, -0.25) is 9.59 Å². The maximum absolute atomic E-state index is 11.9. The first-order chi connectivity index (χ1) is 10.6. The lowest BCUT2D eigenvalue weighted by molar-refractivity contribution is -0.123. The molecule has 0 aliphatic carbocycles. The molecule has 0 saturated heterocycles. The van der Waals surface area contributed by atoms with E-state index in [0.717, 1.165) is 4.47 Å². The summed E-state index contributed by atoms with van der Waals surface area (Å²) in [5.74, 6) is -0.231. The maximum Gasteiger partial charge on any atom is 0.251 e. The van der Waals surface area contributed by atoms with Crippen LogP contribution in [0, 0.1) is 0 Å². The van der Waals surface area contributed by atoms with E-state index in [1.807, 2.05) is 12.1 Å². The van der Waals surface area contributed by atoms with E-state index in [-0.39, 0.29) is 24.3 Å². The first-order valence-corrected chi connectivity index (χ1v) is 7.89. The van der Waals surface area contributed by atoms with E-state index in [1.165, 1.54) is 7.11 Å². The van der Waals surface area contributed by atoms with Crippen molar-refractivity contribution in [2.24, 2.45) is 5.73 Å². The molecule has 0 radical (unpaired) electrons. The van der Waals surface area contributed by atoms with E-state index in [2.05, 4.69) is 26.6 Å². The number of nitrogens with two attached hydrogens (primary N) is 1. The van der Waals surface area contributed by atoms with Gasteiger partial charge in [0.15, 0.2) is 0 Å². The van der Waals surface area contributed by atoms with Gasteiger partial charge in [-0.25, -0.2) is 0 Å². The van der Waals surface area contributed by atoms with Crippen LogP contribution in [-0.4, -0.2) is 44.7 Å². The van der Waals surface area contributed by atoms with Gasteiger partial charge in [-0.2, -0.15) is 0 Å². The second-order valence-corrected chi connectivity index (χ2v) is 5.68. The highest BCUT2D eigenvalue weighted by Crippen LogP contribution is 2.11. The molecule has 0 saturated carbocycles. The van der Waals surface area contributed by atoms with Crippen molar-refractivity contribution in [3.63, 3.8) is 0 Å². The third kappa shape index (κ3) is 7.02. The highest BCUT2D eigenvalue weighted by atomic mass is 79.9. The smallest absolute Gasteiger partial charge is 0.251 e. The lowest BCUT2D eigenvalue weighted by atomic mass is 10.2. The minimum atomic E-state index is -0.253. The van der Waals surface area contributed by atoms with E-state index >= 15 is 0 Å². The summed E-state index contributed by atoms with van der Waals surface area (Å²) < 4.78 is 5.90. The molecule has 0 bridgehead atoms. The number of amides is 2. The molecule has 1 rings (SSSR count). The first kappa shape index (κ1) is 18.6. The second kappa shape index (κ2) is 10.3. The number of halogens is 1. The van der Waals surface area contributed by atoms with Crippen LogP contribution in [0.2, 0.25) is 0 Å². The van der Waals surface area contributed by atoms with Crippen molar-refractivity contribution >= 4 is 27.7 Å². The number of nitrogens with one attached hydrogen (secondary N) is 2. The molecule has 1 aromatic rings. The van der Waals surface area contributed by atoms with Gasteiger partial charge in [-0.15, -0.1) is 0 Å². The summed E-state index contributed by atoms with van der Waals surface area (Å²) >= 11 is 3.32. The van der Waals surface area contributed by atoms with Gasteiger partial charge in [0.2, 0.25) is 5.91 Å². The number of hydrogen-bond acceptors (Lipinski definition) is 4. The molecule has 0 aromatic heterocycles. The Hall–Kier alpha value is -1.44. The Morgan fingerprint density at radius 2 is 2.05 bits per heavy atom. The summed E-state index contributed by atoms with van der Waals surface area (Å²) in [6.07, 6.45) is 0.652. The normalized spacial score (nSPS) is 11.8.